The molecule has 25 heavy (non-hydrogen) atoms. The van der Waals surface area contributed by atoms with Crippen molar-refractivity contribution < 1.29 is 9.59 Å². The lowest BCUT2D eigenvalue weighted by molar-refractivity contribution is 0.0904. The summed E-state index contributed by atoms with van der Waals surface area (Å²) in [5.41, 5.74) is 0.911. The van der Waals surface area contributed by atoms with Gasteiger partial charge in [-0.05, 0) is 70.8 Å². The van der Waals surface area contributed by atoms with Crippen molar-refractivity contribution in [1.82, 2.24) is 15.5 Å². The molecule has 0 radical (unpaired) electrons. The van der Waals surface area contributed by atoms with Crippen LogP contribution >= 0.6 is 0 Å². The molecule has 2 fully saturated rings. The fraction of sp³-hybridized carbons (Fsp3) is 0.600. The van der Waals surface area contributed by atoms with Crippen molar-refractivity contribution in [3.8, 4) is 0 Å². The molecule has 2 heterocycles. The Balaban J connectivity index is 1.60. The lowest BCUT2D eigenvalue weighted by Crippen LogP contribution is -2.46. The lowest BCUT2D eigenvalue weighted by Gasteiger charge is -2.32. The van der Waals surface area contributed by atoms with E-state index in [9.17, 15) is 9.59 Å². The number of carbonyl (C=O) groups is 2. The summed E-state index contributed by atoms with van der Waals surface area (Å²) in [6, 6.07) is 7.65. The Hall–Kier alpha value is -1.88. The van der Waals surface area contributed by atoms with E-state index in [1.54, 1.807) is 24.3 Å². The minimum absolute atomic E-state index is 0.0415. The molecule has 0 unspecified atom stereocenters. The van der Waals surface area contributed by atoms with Crippen LogP contribution in [-0.2, 0) is 0 Å². The van der Waals surface area contributed by atoms with E-state index in [0.717, 1.165) is 19.5 Å². The van der Waals surface area contributed by atoms with Crippen molar-refractivity contribution >= 4 is 11.8 Å². The van der Waals surface area contributed by atoms with Crippen LogP contribution in [-0.4, -0.2) is 47.4 Å². The van der Waals surface area contributed by atoms with Crippen LogP contribution in [0, 0.1) is 0 Å². The molecular weight excluding hydrogens is 314 g/mol. The molecule has 5 nitrogen and oxygen atoms in total. The zero-order valence-electron chi connectivity index (χ0n) is 15.5. The molecule has 0 saturated carbocycles. The lowest BCUT2D eigenvalue weighted by atomic mass is 9.98. The summed E-state index contributed by atoms with van der Waals surface area (Å²) in [7, 11) is 0. The van der Waals surface area contributed by atoms with Crippen molar-refractivity contribution in [3.63, 3.8) is 0 Å². The second kappa shape index (κ2) is 7.16. The molecule has 2 N–H and O–H groups in total. The van der Waals surface area contributed by atoms with Crippen molar-refractivity contribution in [2.75, 3.05) is 13.1 Å². The van der Waals surface area contributed by atoms with Crippen LogP contribution in [0.15, 0.2) is 24.3 Å². The summed E-state index contributed by atoms with van der Waals surface area (Å²) < 4.78 is 0. The van der Waals surface area contributed by atoms with Crippen molar-refractivity contribution in [2.24, 2.45) is 0 Å². The molecule has 0 aromatic heterocycles. The third-order valence-corrected chi connectivity index (χ3v) is 5.07. The van der Waals surface area contributed by atoms with Gasteiger partial charge in [-0.25, -0.2) is 0 Å². The number of rotatable bonds is 3. The Morgan fingerprint density at radius 3 is 2.24 bits per heavy atom. The van der Waals surface area contributed by atoms with Gasteiger partial charge in [-0.2, -0.15) is 0 Å². The highest BCUT2D eigenvalue weighted by Gasteiger charge is 2.36. The average Bonchev–Trinajstić information content (AvgIpc) is 2.96. The fourth-order valence-corrected chi connectivity index (χ4v) is 3.85. The smallest absolute Gasteiger partial charge is 0.251 e. The van der Waals surface area contributed by atoms with Gasteiger partial charge in [0.2, 0.25) is 0 Å². The third kappa shape index (κ3) is 4.40. The van der Waals surface area contributed by atoms with Crippen molar-refractivity contribution in [1.29, 1.82) is 0 Å². The molecule has 3 rings (SSSR count). The second-order valence-corrected chi connectivity index (χ2v) is 8.25. The zero-order chi connectivity index (χ0) is 18.0. The number of carbonyl (C=O) groups excluding carboxylic acids is 2. The Morgan fingerprint density at radius 1 is 0.960 bits per heavy atom. The molecule has 1 aromatic rings. The predicted molar refractivity (Wildman–Crippen MR) is 98.7 cm³/mol. The van der Waals surface area contributed by atoms with E-state index in [0.29, 0.717) is 17.2 Å². The number of piperidine rings is 1. The van der Waals surface area contributed by atoms with Gasteiger partial charge in [-0.3, -0.25) is 14.5 Å². The molecule has 5 heteroatoms. The fourth-order valence-electron chi connectivity index (χ4n) is 3.85. The number of nitrogens with zero attached hydrogens (tertiary/aromatic N) is 1. The summed E-state index contributed by atoms with van der Waals surface area (Å²) in [6.07, 6.45) is 4.74. The number of amides is 2. The monoisotopic (exact) mass is 343 g/mol. The van der Waals surface area contributed by atoms with E-state index in [2.05, 4.69) is 15.5 Å². The standard InChI is InChI=1S/C20H29N3O2/c1-20(2,3)22-19(25)15-9-7-14(8-10-15)18(24)21-16-11-13-23-12-5-4-6-17(16)23/h7-10,16-17H,4-6,11-13H2,1-3H3,(H,21,24)(H,22,25)/t16-,17-/m0/s1. The summed E-state index contributed by atoms with van der Waals surface area (Å²) in [5, 5.41) is 6.13. The topological polar surface area (TPSA) is 61.4 Å². The zero-order valence-corrected chi connectivity index (χ0v) is 15.5. The van der Waals surface area contributed by atoms with Gasteiger partial charge in [0.05, 0.1) is 0 Å². The van der Waals surface area contributed by atoms with Crippen molar-refractivity contribution in [3.05, 3.63) is 35.4 Å². The molecule has 2 aliphatic rings. The van der Waals surface area contributed by atoms with Gasteiger partial charge in [0.25, 0.3) is 11.8 Å². The van der Waals surface area contributed by atoms with Gasteiger partial charge in [0, 0.05) is 35.3 Å². The molecule has 2 amide bonds. The highest BCUT2D eigenvalue weighted by atomic mass is 16.2. The number of benzene rings is 1. The molecule has 1 aromatic carbocycles. The van der Waals surface area contributed by atoms with Gasteiger partial charge in [0.15, 0.2) is 0 Å². The van der Waals surface area contributed by atoms with Crippen LogP contribution in [0.25, 0.3) is 0 Å². The number of hydrogen-bond acceptors (Lipinski definition) is 3. The van der Waals surface area contributed by atoms with Gasteiger partial charge in [-0.15, -0.1) is 0 Å². The van der Waals surface area contributed by atoms with Gasteiger partial charge >= 0.3 is 0 Å². The summed E-state index contributed by atoms with van der Waals surface area (Å²) >= 11 is 0. The molecule has 0 aliphatic carbocycles. The Bertz CT molecular complexity index is 633. The van der Waals surface area contributed by atoms with E-state index in [-0.39, 0.29) is 23.4 Å². The first-order valence-corrected chi connectivity index (χ1v) is 9.31. The first-order valence-electron chi connectivity index (χ1n) is 9.31. The van der Waals surface area contributed by atoms with Crippen LogP contribution in [0.5, 0.6) is 0 Å². The molecule has 136 valence electrons. The first kappa shape index (κ1) is 17.9. The predicted octanol–water partition coefficient (Wildman–Crippen LogP) is 2.57. The summed E-state index contributed by atoms with van der Waals surface area (Å²) in [4.78, 5) is 27.2. The summed E-state index contributed by atoms with van der Waals surface area (Å²) in [6.45, 7) is 8.09. The Kier molecular flexibility index (Phi) is 5.13. The molecule has 2 aliphatic heterocycles. The highest BCUT2D eigenvalue weighted by Crippen LogP contribution is 2.27. The van der Waals surface area contributed by atoms with E-state index >= 15 is 0 Å². The van der Waals surface area contributed by atoms with Gasteiger partial charge < -0.3 is 10.6 Å². The minimum atomic E-state index is -0.276. The van der Waals surface area contributed by atoms with E-state index in [1.807, 2.05) is 20.8 Å². The minimum Gasteiger partial charge on any atom is -0.348 e. The number of fused-ring (bicyclic) bond motifs is 1. The van der Waals surface area contributed by atoms with Crippen LogP contribution in [0.2, 0.25) is 0 Å². The quantitative estimate of drug-likeness (QED) is 0.887. The average molecular weight is 343 g/mol. The molecule has 2 saturated heterocycles. The van der Waals surface area contributed by atoms with Crippen LogP contribution < -0.4 is 10.6 Å². The maximum absolute atomic E-state index is 12.6. The van der Waals surface area contributed by atoms with Crippen LogP contribution in [0.1, 0.15) is 67.2 Å². The van der Waals surface area contributed by atoms with Crippen LogP contribution in [0.3, 0.4) is 0 Å². The molecule has 0 spiro atoms. The normalized spacial score (nSPS) is 23.8. The maximum atomic E-state index is 12.6. The SMILES string of the molecule is CC(C)(C)NC(=O)c1ccc(C(=O)N[C@H]2CCN3CCCC[C@@H]23)cc1. The number of nitrogens with one attached hydrogen (secondary N) is 2. The largest absolute Gasteiger partial charge is 0.348 e. The first-order chi connectivity index (χ1) is 11.8. The molecular formula is C20H29N3O2. The molecule has 0 bridgehead atoms. The van der Waals surface area contributed by atoms with Crippen molar-refractivity contribution in [2.45, 2.75) is 64.1 Å². The Morgan fingerprint density at radius 2 is 1.60 bits per heavy atom. The van der Waals surface area contributed by atoms with Gasteiger partial charge in [0.1, 0.15) is 0 Å². The maximum Gasteiger partial charge on any atom is 0.251 e. The Labute approximate surface area is 150 Å². The number of hydrogen-bond donors (Lipinski definition) is 2. The van der Waals surface area contributed by atoms with Gasteiger partial charge in [-0.1, -0.05) is 6.42 Å². The van der Waals surface area contributed by atoms with E-state index in [1.165, 1.54) is 19.3 Å². The molecule has 2 atom stereocenters. The van der Waals surface area contributed by atoms with E-state index < -0.39 is 0 Å². The van der Waals surface area contributed by atoms with E-state index in [4.69, 9.17) is 0 Å². The second-order valence-electron chi connectivity index (χ2n) is 8.25. The highest BCUT2D eigenvalue weighted by molar-refractivity contribution is 5.98. The summed E-state index contributed by atoms with van der Waals surface area (Å²) in [5.74, 6) is -0.159. The third-order valence-electron chi connectivity index (χ3n) is 5.07. The van der Waals surface area contributed by atoms with Crippen LogP contribution in [0.4, 0.5) is 0 Å².